The molecule has 0 saturated carbocycles. The van der Waals surface area contributed by atoms with Gasteiger partial charge in [0.1, 0.15) is 5.56 Å². The third kappa shape index (κ3) is 3.00. The van der Waals surface area contributed by atoms with Gasteiger partial charge in [0.15, 0.2) is 0 Å². The Morgan fingerprint density at radius 2 is 2.16 bits per heavy atom. The van der Waals surface area contributed by atoms with Crippen LogP contribution in [0.2, 0.25) is 0 Å². The van der Waals surface area contributed by atoms with Crippen molar-refractivity contribution in [2.45, 2.75) is 20.3 Å². The van der Waals surface area contributed by atoms with Crippen LogP contribution in [0.5, 0.6) is 5.88 Å². The Balaban J connectivity index is 1.97. The number of ether oxygens (including phenoxy) is 1. The van der Waals surface area contributed by atoms with Gasteiger partial charge in [0.05, 0.1) is 12.6 Å². The van der Waals surface area contributed by atoms with Crippen LogP contribution in [0.4, 0.5) is 5.69 Å². The average Bonchev–Trinajstić information content (AvgIpc) is 2.96. The molecule has 1 amide bonds. The highest BCUT2D eigenvalue weighted by molar-refractivity contribution is 6.06. The zero-order valence-corrected chi connectivity index (χ0v) is 14.6. The van der Waals surface area contributed by atoms with Gasteiger partial charge in [-0.15, -0.1) is 5.10 Å². The Morgan fingerprint density at radius 1 is 1.40 bits per heavy atom. The molecular formula is C18H20N4O3. The monoisotopic (exact) mass is 340 g/mol. The van der Waals surface area contributed by atoms with E-state index in [1.165, 1.54) is 11.8 Å². The summed E-state index contributed by atoms with van der Waals surface area (Å²) in [5.41, 5.74) is 3.27. The van der Waals surface area contributed by atoms with Gasteiger partial charge in [0, 0.05) is 29.9 Å². The van der Waals surface area contributed by atoms with Gasteiger partial charge in [-0.2, -0.15) is 0 Å². The van der Waals surface area contributed by atoms with Crippen LogP contribution < -0.4 is 15.6 Å². The Hall–Kier alpha value is -3.09. The van der Waals surface area contributed by atoms with Crippen LogP contribution in [-0.2, 0) is 13.5 Å². The summed E-state index contributed by atoms with van der Waals surface area (Å²) in [7, 11) is 3.18. The number of pyridine rings is 1. The van der Waals surface area contributed by atoms with Crippen LogP contribution >= 0.6 is 0 Å². The molecule has 7 heteroatoms. The molecule has 0 aliphatic heterocycles. The first-order valence-corrected chi connectivity index (χ1v) is 7.99. The fraction of sp³-hybridized carbons (Fsp3) is 0.278. The lowest BCUT2D eigenvalue weighted by molar-refractivity contribution is 0.102. The number of rotatable bonds is 4. The van der Waals surface area contributed by atoms with Gasteiger partial charge >= 0.3 is 0 Å². The topological polar surface area (TPSA) is 89.0 Å². The van der Waals surface area contributed by atoms with E-state index in [4.69, 9.17) is 4.74 Å². The Bertz CT molecular complexity index is 1020. The second-order valence-corrected chi connectivity index (χ2v) is 5.85. The molecular weight excluding hydrogens is 320 g/mol. The van der Waals surface area contributed by atoms with Crippen molar-refractivity contribution in [3.63, 3.8) is 0 Å². The van der Waals surface area contributed by atoms with Crippen molar-refractivity contribution in [1.29, 1.82) is 0 Å². The van der Waals surface area contributed by atoms with Crippen molar-refractivity contribution < 1.29 is 9.53 Å². The van der Waals surface area contributed by atoms with E-state index in [1.54, 1.807) is 19.3 Å². The molecule has 3 aromatic rings. The molecule has 25 heavy (non-hydrogen) atoms. The van der Waals surface area contributed by atoms with Crippen molar-refractivity contribution in [1.82, 2.24) is 14.8 Å². The number of amides is 1. The van der Waals surface area contributed by atoms with Gasteiger partial charge in [-0.05, 0) is 31.0 Å². The lowest BCUT2D eigenvalue weighted by Gasteiger charge is -2.10. The standard InChI is InChI=1S/C18H20N4O3/c1-5-12-10(2)13-7-6-11(8-15(13)20-16(12)23)19-17(24)14-9-22(3)21-18(14)25-4/h6-9H,5H2,1-4H3,(H,19,24)(H,20,23). The highest BCUT2D eigenvalue weighted by Crippen LogP contribution is 2.23. The first kappa shape index (κ1) is 16.8. The zero-order valence-electron chi connectivity index (χ0n) is 14.6. The fourth-order valence-electron chi connectivity index (χ4n) is 2.98. The Morgan fingerprint density at radius 3 is 2.84 bits per heavy atom. The molecule has 7 nitrogen and oxygen atoms in total. The molecule has 0 aliphatic rings. The van der Waals surface area contributed by atoms with Gasteiger partial charge in [-0.3, -0.25) is 14.3 Å². The molecule has 2 heterocycles. The van der Waals surface area contributed by atoms with E-state index in [2.05, 4.69) is 15.4 Å². The van der Waals surface area contributed by atoms with Gasteiger partial charge in [-0.1, -0.05) is 13.0 Å². The number of aryl methyl sites for hydroxylation is 2. The fourth-order valence-corrected chi connectivity index (χ4v) is 2.98. The van der Waals surface area contributed by atoms with Gasteiger partial charge in [-0.25, -0.2) is 0 Å². The van der Waals surface area contributed by atoms with Crippen molar-refractivity contribution in [3.05, 3.63) is 51.4 Å². The number of fused-ring (bicyclic) bond motifs is 1. The van der Waals surface area contributed by atoms with E-state index < -0.39 is 0 Å². The molecule has 2 aromatic heterocycles. The second kappa shape index (κ2) is 6.43. The van der Waals surface area contributed by atoms with E-state index in [0.717, 1.165) is 16.5 Å². The van der Waals surface area contributed by atoms with E-state index in [0.29, 0.717) is 23.2 Å². The van der Waals surface area contributed by atoms with Crippen molar-refractivity contribution in [2.75, 3.05) is 12.4 Å². The molecule has 0 spiro atoms. The molecule has 1 aromatic carbocycles. The number of carbonyl (C=O) groups is 1. The minimum absolute atomic E-state index is 0.0927. The summed E-state index contributed by atoms with van der Waals surface area (Å²) in [6, 6.07) is 5.47. The predicted molar refractivity (Wildman–Crippen MR) is 96.4 cm³/mol. The molecule has 0 atom stereocenters. The van der Waals surface area contributed by atoms with Crippen LogP contribution in [0.3, 0.4) is 0 Å². The number of aromatic nitrogens is 3. The van der Waals surface area contributed by atoms with Gasteiger partial charge in [0.25, 0.3) is 11.5 Å². The zero-order chi connectivity index (χ0) is 18.1. The first-order valence-electron chi connectivity index (χ1n) is 7.99. The summed E-state index contributed by atoms with van der Waals surface area (Å²) in [6.45, 7) is 3.90. The summed E-state index contributed by atoms with van der Waals surface area (Å²) < 4.78 is 6.63. The van der Waals surface area contributed by atoms with Crippen molar-refractivity contribution in [3.8, 4) is 5.88 Å². The minimum atomic E-state index is -0.325. The van der Waals surface area contributed by atoms with Crippen LogP contribution in [0.1, 0.15) is 28.4 Å². The normalized spacial score (nSPS) is 10.9. The SMILES string of the molecule is CCc1c(C)c2ccc(NC(=O)c3cn(C)nc3OC)cc2[nH]c1=O. The molecule has 0 fully saturated rings. The summed E-state index contributed by atoms with van der Waals surface area (Å²) in [6.07, 6.45) is 2.27. The Kier molecular flexibility index (Phi) is 4.31. The van der Waals surface area contributed by atoms with Gasteiger partial charge in [0.2, 0.25) is 5.88 Å². The smallest absolute Gasteiger partial charge is 0.262 e. The third-order valence-electron chi connectivity index (χ3n) is 4.24. The number of aromatic amines is 1. The van der Waals surface area contributed by atoms with Crippen LogP contribution in [-0.4, -0.2) is 27.8 Å². The van der Waals surface area contributed by atoms with Crippen molar-refractivity contribution in [2.24, 2.45) is 7.05 Å². The van der Waals surface area contributed by atoms with Gasteiger partial charge < -0.3 is 15.0 Å². The van der Waals surface area contributed by atoms with E-state index in [1.807, 2.05) is 26.0 Å². The quantitative estimate of drug-likeness (QED) is 0.763. The predicted octanol–water partition coefficient (Wildman–Crippen LogP) is 2.39. The number of carbonyl (C=O) groups excluding carboxylic acids is 1. The first-order chi connectivity index (χ1) is 11.9. The number of hydrogen-bond acceptors (Lipinski definition) is 4. The summed E-state index contributed by atoms with van der Waals surface area (Å²) in [5.74, 6) is -0.0637. The van der Waals surface area contributed by atoms with E-state index >= 15 is 0 Å². The van der Waals surface area contributed by atoms with Crippen LogP contribution in [0.15, 0.2) is 29.2 Å². The summed E-state index contributed by atoms with van der Waals surface area (Å²) in [5, 5.41) is 7.85. The molecule has 0 radical (unpaired) electrons. The lowest BCUT2D eigenvalue weighted by atomic mass is 10.0. The molecule has 0 saturated heterocycles. The van der Waals surface area contributed by atoms with Crippen LogP contribution in [0, 0.1) is 6.92 Å². The minimum Gasteiger partial charge on any atom is -0.479 e. The number of benzene rings is 1. The summed E-state index contributed by atoms with van der Waals surface area (Å²) >= 11 is 0. The maximum Gasteiger partial charge on any atom is 0.262 e. The Labute approximate surface area is 144 Å². The summed E-state index contributed by atoms with van der Waals surface area (Å²) in [4.78, 5) is 27.5. The van der Waals surface area contributed by atoms with Crippen molar-refractivity contribution >= 4 is 22.5 Å². The molecule has 0 bridgehead atoms. The maximum absolute atomic E-state index is 12.5. The number of nitrogens with zero attached hydrogens (tertiary/aromatic N) is 2. The van der Waals surface area contributed by atoms with E-state index in [-0.39, 0.29) is 17.3 Å². The average molecular weight is 340 g/mol. The molecule has 130 valence electrons. The molecule has 0 aliphatic carbocycles. The molecule has 3 rings (SSSR count). The largest absolute Gasteiger partial charge is 0.479 e. The highest BCUT2D eigenvalue weighted by Gasteiger charge is 2.17. The molecule has 0 unspecified atom stereocenters. The number of methoxy groups -OCH3 is 1. The highest BCUT2D eigenvalue weighted by atomic mass is 16.5. The third-order valence-corrected chi connectivity index (χ3v) is 4.24. The van der Waals surface area contributed by atoms with Crippen LogP contribution in [0.25, 0.3) is 10.9 Å². The van der Waals surface area contributed by atoms with E-state index in [9.17, 15) is 9.59 Å². The second-order valence-electron chi connectivity index (χ2n) is 5.85. The number of H-pyrrole nitrogens is 1. The number of hydrogen-bond donors (Lipinski definition) is 2. The number of anilines is 1. The molecule has 2 N–H and O–H groups in total. The maximum atomic E-state index is 12.5. The lowest BCUT2D eigenvalue weighted by Crippen LogP contribution is -2.15. The number of nitrogens with one attached hydrogen (secondary N) is 2.